The Morgan fingerprint density at radius 3 is 2.75 bits per heavy atom. The maximum atomic E-state index is 12.2. The Morgan fingerprint density at radius 2 is 2.08 bits per heavy atom. The van der Waals surface area contributed by atoms with Gasteiger partial charge in [-0.25, -0.2) is 9.59 Å². The van der Waals surface area contributed by atoms with Gasteiger partial charge in [0.05, 0.1) is 0 Å². The molecule has 24 heavy (non-hydrogen) atoms. The SMILES string of the molecule is C/C=C(/C)C(=O)O[C@H]1CC[C@@H]2C[C@@H]3OC(=O)C(C)=C3C[C@]2(C)[C@H]1C. The fraction of sp³-hybridized carbons (Fsp3) is 0.700. The molecule has 0 saturated heterocycles. The third kappa shape index (κ3) is 2.60. The number of hydrogen-bond donors (Lipinski definition) is 0. The van der Waals surface area contributed by atoms with Gasteiger partial charge in [-0.2, -0.15) is 0 Å². The quantitative estimate of drug-likeness (QED) is 0.567. The molecule has 0 aromatic rings. The number of esters is 2. The van der Waals surface area contributed by atoms with E-state index >= 15 is 0 Å². The van der Waals surface area contributed by atoms with Crippen LogP contribution in [0.4, 0.5) is 0 Å². The van der Waals surface area contributed by atoms with E-state index in [1.807, 2.05) is 13.8 Å². The zero-order valence-electron chi connectivity index (χ0n) is 15.3. The lowest BCUT2D eigenvalue weighted by atomic mass is 9.53. The molecule has 5 atom stereocenters. The summed E-state index contributed by atoms with van der Waals surface area (Å²) in [5.74, 6) is 0.413. The monoisotopic (exact) mass is 332 g/mol. The molecule has 2 saturated carbocycles. The van der Waals surface area contributed by atoms with Crippen LogP contribution in [0.5, 0.6) is 0 Å². The van der Waals surface area contributed by atoms with Gasteiger partial charge < -0.3 is 9.47 Å². The number of carbonyl (C=O) groups is 2. The summed E-state index contributed by atoms with van der Waals surface area (Å²) in [5, 5.41) is 0. The van der Waals surface area contributed by atoms with Crippen molar-refractivity contribution in [1.29, 1.82) is 0 Å². The van der Waals surface area contributed by atoms with E-state index in [4.69, 9.17) is 9.47 Å². The van der Waals surface area contributed by atoms with Crippen LogP contribution >= 0.6 is 0 Å². The molecule has 1 heterocycles. The van der Waals surface area contributed by atoms with Crippen molar-refractivity contribution in [2.45, 2.75) is 72.5 Å². The average Bonchev–Trinajstić information content (AvgIpc) is 2.82. The minimum atomic E-state index is -0.208. The first kappa shape index (κ1) is 17.2. The van der Waals surface area contributed by atoms with Gasteiger partial charge in [0.25, 0.3) is 0 Å². The lowest BCUT2D eigenvalue weighted by Gasteiger charge is -2.53. The van der Waals surface area contributed by atoms with Crippen LogP contribution in [-0.4, -0.2) is 24.1 Å². The standard InChI is InChI=1S/C20H28O4/c1-6-11(2)18(21)23-16-8-7-14-9-17-15(12(3)19(22)24-17)10-20(14,5)13(16)4/h6,13-14,16-17H,7-10H2,1-5H3/b11-6-/t13-,14+,16-,17-,20+/m0/s1. The number of hydrogen-bond acceptors (Lipinski definition) is 4. The molecule has 0 unspecified atom stereocenters. The summed E-state index contributed by atoms with van der Waals surface area (Å²) in [4.78, 5) is 24.1. The Hall–Kier alpha value is -1.58. The van der Waals surface area contributed by atoms with Crippen LogP contribution in [0, 0.1) is 17.3 Å². The molecule has 0 N–H and O–H groups in total. The fourth-order valence-corrected chi connectivity index (χ4v) is 4.71. The highest BCUT2D eigenvalue weighted by atomic mass is 16.6. The normalized spacial score (nSPS) is 39.2. The largest absolute Gasteiger partial charge is 0.459 e. The van der Waals surface area contributed by atoms with Gasteiger partial charge in [-0.05, 0) is 69.3 Å². The zero-order chi connectivity index (χ0) is 17.6. The molecule has 0 amide bonds. The van der Waals surface area contributed by atoms with E-state index in [0.717, 1.165) is 31.3 Å². The molecule has 132 valence electrons. The van der Waals surface area contributed by atoms with Crippen LogP contribution < -0.4 is 0 Å². The topological polar surface area (TPSA) is 52.6 Å². The predicted molar refractivity (Wildman–Crippen MR) is 91.1 cm³/mol. The van der Waals surface area contributed by atoms with Gasteiger partial charge in [-0.1, -0.05) is 19.9 Å². The molecule has 0 aromatic heterocycles. The molecule has 4 nitrogen and oxygen atoms in total. The minimum Gasteiger partial charge on any atom is -0.459 e. The molecule has 2 aliphatic carbocycles. The third-order valence-electron chi connectivity index (χ3n) is 6.84. The second-order valence-corrected chi connectivity index (χ2v) is 7.94. The van der Waals surface area contributed by atoms with E-state index in [0.29, 0.717) is 11.5 Å². The van der Waals surface area contributed by atoms with Crippen molar-refractivity contribution in [1.82, 2.24) is 0 Å². The second kappa shape index (κ2) is 6.05. The highest BCUT2D eigenvalue weighted by molar-refractivity contribution is 5.91. The summed E-state index contributed by atoms with van der Waals surface area (Å²) in [6.07, 6.45) is 5.42. The molecule has 3 aliphatic rings. The van der Waals surface area contributed by atoms with Gasteiger partial charge in [-0.3, -0.25) is 0 Å². The number of ether oxygens (including phenoxy) is 2. The van der Waals surface area contributed by atoms with Crippen molar-refractivity contribution in [3.05, 3.63) is 22.8 Å². The van der Waals surface area contributed by atoms with Gasteiger partial charge in [0.2, 0.25) is 0 Å². The summed E-state index contributed by atoms with van der Waals surface area (Å²) in [6.45, 7) is 10.0. The smallest absolute Gasteiger partial charge is 0.334 e. The van der Waals surface area contributed by atoms with Crippen molar-refractivity contribution < 1.29 is 19.1 Å². The molecule has 0 aromatic carbocycles. The van der Waals surface area contributed by atoms with Gasteiger partial charge in [0.15, 0.2) is 0 Å². The first-order chi connectivity index (χ1) is 11.3. The maximum absolute atomic E-state index is 12.2. The first-order valence-corrected chi connectivity index (χ1v) is 9.02. The zero-order valence-corrected chi connectivity index (χ0v) is 15.3. The van der Waals surface area contributed by atoms with Gasteiger partial charge in [-0.15, -0.1) is 0 Å². The van der Waals surface area contributed by atoms with Crippen molar-refractivity contribution in [3.8, 4) is 0 Å². The molecule has 3 rings (SSSR count). The average molecular weight is 332 g/mol. The third-order valence-corrected chi connectivity index (χ3v) is 6.84. The van der Waals surface area contributed by atoms with Gasteiger partial charge in [0.1, 0.15) is 12.2 Å². The summed E-state index contributed by atoms with van der Waals surface area (Å²) in [7, 11) is 0. The number of allylic oxidation sites excluding steroid dienone is 1. The van der Waals surface area contributed by atoms with E-state index < -0.39 is 0 Å². The molecule has 2 fully saturated rings. The number of fused-ring (bicyclic) bond motifs is 2. The Labute approximate surface area is 144 Å². The van der Waals surface area contributed by atoms with Gasteiger partial charge >= 0.3 is 11.9 Å². The van der Waals surface area contributed by atoms with E-state index in [1.165, 1.54) is 5.57 Å². The molecule has 4 heteroatoms. The van der Waals surface area contributed by atoms with E-state index in [9.17, 15) is 9.59 Å². The molecule has 0 bridgehead atoms. The van der Waals surface area contributed by atoms with E-state index in [2.05, 4.69) is 13.8 Å². The summed E-state index contributed by atoms with van der Waals surface area (Å²) >= 11 is 0. The molecular weight excluding hydrogens is 304 g/mol. The van der Waals surface area contributed by atoms with Crippen molar-refractivity contribution in [3.63, 3.8) is 0 Å². The minimum absolute atomic E-state index is 0.0212. The van der Waals surface area contributed by atoms with Crippen LogP contribution in [-0.2, 0) is 19.1 Å². The first-order valence-electron chi connectivity index (χ1n) is 9.02. The Morgan fingerprint density at radius 1 is 1.38 bits per heavy atom. The second-order valence-electron chi connectivity index (χ2n) is 7.94. The van der Waals surface area contributed by atoms with Gasteiger partial charge in [0, 0.05) is 11.1 Å². The molecule has 0 radical (unpaired) electrons. The predicted octanol–water partition coefficient (Wildman–Crippen LogP) is 3.95. The molecule has 0 spiro atoms. The molecule has 1 aliphatic heterocycles. The van der Waals surface area contributed by atoms with Crippen molar-refractivity contribution in [2.75, 3.05) is 0 Å². The molecular formula is C20H28O4. The van der Waals surface area contributed by atoms with Crippen LogP contribution in [0.15, 0.2) is 22.8 Å². The van der Waals surface area contributed by atoms with Crippen LogP contribution in [0.1, 0.15) is 60.3 Å². The highest BCUT2D eigenvalue weighted by Gasteiger charge is 2.53. The van der Waals surface area contributed by atoms with E-state index in [-0.39, 0.29) is 35.5 Å². The fourth-order valence-electron chi connectivity index (χ4n) is 4.71. The van der Waals surface area contributed by atoms with Crippen molar-refractivity contribution in [2.24, 2.45) is 17.3 Å². The van der Waals surface area contributed by atoms with Crippen LogP contribution in [0.2, 0.25) is 0 Å². The Balaban J connectivity index is 1.81. The maximum Gasteiger partial charge on any atom is 0.334 e. The van der Waals surface area contributed by atoms with Crippen LogP contribution in [0.25, 0.3) is 0 Å². The highest BCUT2D eigenvalue weighted by Crippen LogP contribution is 2.57. The Bertz CT molecular complexity index is 630. The summed E-state index contributed by atoms with van der Waals surface area (Å²) in [6, 6.07) is 0. The lowest BCUT2D eigenvalue weighted by Crippen LogP contribution is -2.50. The van der Waals surface area contributed by atoms with E-state index in [1.54, 1.807) is 13.0 Å². The summed E-state index contributed by atoms with van der Waals surface area (Å²) in [5.41, 5.74) is 2.66. The summed E-state index contributed by atoms with van der Waals surface area (Å²) < 4.78 is 11.3. The van der Waals surface area contributed by atoms with Crippen molar-refractivity contribution >= 4 is 11.9 Å². The number of rotatable bonds is 2. The lowest BCUT2D eigenvalue weighted by molar-refractivity contribution is -0.160. The van der Waals surface area contributed by atoms with Crippen LogP contribution in [0.3, 0.4) is 0 Å². The number of carbonyl (C=O) groups excluding carboxylic acids is 2. The Kier molecular flexibility index (Phi) is 4.35.